The fourth-order valence-electron chi connectivity index (χ4n) is 2.27. The molecule has 0 aliphatic carbocycles. The van der Waals surface area contributed by atoms with Crippen LogP contribution in [0.5, 0.6) is 0 Å². The van der Waals surface area contributed by atoms with Crippen molar-refractivity contribution < 1.29 is 4.74 Å². The maximum atomic E-state index is 5.77. The summed E-state index contributed by atoms with van der Waals surface area (Å²) in [7, 11) is 0. The van der Waals surface area contributed by atoms with Gasteiger partial charge >= 0.3 is 0 Å². The molecular weight excluding hydrogens is 222 g/mol. The molecule has 2 nitrogen and oxygen atoms in total. The molecule has 0 radical (unpaired) electrons. The summed E-state index contributed by atoms with van der Waals surface area (Å²) in [6, 6.07) is 10.8. The van der Waals surface area contributed by atoms with Crippen LogP contribution in [-0.4, -0.2) is 18.5 Å². The van der Waals surface area contributed by atoms with Crippen LogP contribution in [0.25, 0.3) is 0 Å². The number of aliphatic imine (C=N–C) groups is 1. The van der Waals surface area contributed by atoms with Gasteiger partial charge < -0.3 is 4.74 Å². The molecule has 0 amide bonds. The summed E-state index contributed by atoms with van der Waals surface area (Å²) >= 11 is 0. The van der Waals surface area contributed by atoms with Crippen LogP contribution >= 0.6 is 0 Å². The van der Waals surface area contributed by atoms with Gasteiger partial charge in [0.2, 0.25) is 0 Å². The molecule has 98 valence electrons. The van der Waals surface area contributed by atoms with E-state index in [1.807, 2.05) is 6.07 Å². The second-order valence-corrected chi connectivity index (χ2v) is 5.30. The van der Waals surface area contributed by atoms with Crippen molar-refractivity contribution in [2.75, 3.05) is 6.61 Å². The monoisotopic (exact) mass is 245 g/mol. The first-order chi connectivity index (χ1) is 8.70. The Kier molecular flexibility index (Phi) is 4.40. The van der Waals surface area contributed by atoms with Crippen molar-refractivity contribution in [2.24, 2.45) is 16.8 Å². The molecular formula is C16H23NO. The predicted molar refractivity (Wildman–Crippen MR) is 75.9 cm³/mol. The first-order valence-corrected chi connectivity index (χ1v) is 6.95. The largest absolute Gasteiger partial charge is 0.478 e. The zero-order chi connectivity index (χ0) is 13.0. The first-order valence-electron chi connectivity index (χ1n) is 6.95. The predicted octanol–water partition coefficient (Wildman–Crippen LogP) is 3.71. The Bertz CT molecular complexity index is 399. The number of ether oxygens (including phenoxy) is 1. The van der Waals surface area contributed by atoms with Crippen molar-refractivity contribution in [2.45, 2.75) is 39.7 Å². The fourth-order valence-corrected chi connectivity index (χ4v) is 2.27. The van der Waals surface area contributed by atoms with Gasteiger partial charge in [0.25, 0.3) is 0 Å². The van der Waals surface area contributed by atoms with Gasteiger partial charge in [-0.15, -0.1) is 0 Å². The summed E-state index contributed by atoms with van der Waals surface area (Å²) in [4.78, 5) is 4.75. The van der Waals surface area contributed by atoms with E-state index >= 15 is 0 Å². The summed E-state index contributed by atoms with van der Waals surface area (Å²) in [5.41, 5.74) is 1.34. The third-order valence-electron chi connectivity index (χ3n) is 3.93. The van der Waals surface area contributed by atoms with E-state index in [9.17, 15) is 0 Å². The molecule has 1 aliphatic rings. The topological polar surface area (TPSA) is 21.6 Å². The van der Waals surface area contributed by atoms with Crippen molar-refractivity contribution in [3.8, 4) is 0 Å². The van der Waals surface area contributed by atoms with Crippen molar-refractivity contribution in [3.63, 3.8) is 0 Å². The molecule has 0 bridgehead atoms. The van der Waals surface area contributed by atoms with Crippen LogP contribution in [0.1, 0.15) is 32.8 Å². The van der Waals surface area contributed by atoms with Crippen LogP contribution in [0.3, 0.4) is 0 Å². The van der Waals surface area contributed by atoms with E-state index in [4.69, 9.17) is 9.73 Å². The molecule has 0 aromatic heterocycles. The van der Waals surface area contributed by atoms with Gasteiger partial charge in [-0.3, -0.25) is 0 Å². The Hall–Kier alpha value is -1.31. The normalized spacial score (nSPS) is 22.2. The molecule has 0 saturated heterocycles. The summed E-state index contributed by atoms with van der Waals surface area (Å²) < 4.78 is 5.77. The van der Waals surface area contributed by atoms with Crippen LogP contribution in [0.15, 0.2) is 35.3 Å². The van der Waals surface area contributed by atoms with Gasteiger partial charge in [-0.2, -0.15) is 0 Å². The Morgan fingerprint density at radius 1 is 1.28 bits per heavy atom. The summed E-state index contributed by atoms with van der Waals surface area (Å²) in [6.07, 6.45) is 2.16. The number of hydrogen-bond donors (Lipinski definition) is 0. The lowest BCUT2D eigenvalue weighted by Gasteiger charge is -2.17. The van der Waals surface area contributed by atoms with Crippen LogP contribution < -0.4 is 0 Å². The molecule has 1 aromatic rings. The Balaban J connectivity index is 1.96. The minimum atomic E-state index is 0.300. The van der Waals surface area contributed by atoms with Crippen LogP contribution in [-0.2, 0) is 11.2 Å². The number of nitrogens with zero attached hydrogens (tertiary/aromatic N) is 1. The third kappa shape index (κ3) is 3.12. The highest BCUT2D eigenvalue weighted by Gasteiger charge is 2.25. The summed E-state index contributed by atoms with van der Waals surface area (Å²) in [6.45, 7) is 7.45. The molecule has 1 aliphatic heterocycles. The van der Waals surface area contributed by atoms with Crippen molar-refractivity contribution in [1.29, 1.82) is 0 Å². The maximum Gasteiger partial charge on any atom is 0.186 e. The van der Waals surface area contributed by atoms with Crippen LogP contribution in [0.2, 0.25) is 0 Å². The van der Waals surface area contributed by atoms with E-state index in [-0.39, 0.29) is 0 Å². The lowest BCUT2D eigenvalue weighted by molar-refractivity contribution is 0.283. The molecule has 0 fully saturated rings. The first kappa shape index (κ1) is 13.1. The van der Waals surface area contributed by atoms with E-state index in [1.54, 1.807) is 0 Å². The fraction of sp³-hybridized carbons (Fsp3) is 0.562. The highest BCUT2D eigenvalue weighted by Crippen LogP contribution is 2.22. The Morgan fingerprint density at radius 3 is 2.67 bits per heavy atom. The number of rotatable bonds is 5. The second-order valence-electron chi connectivity index (χ2n) is 5.30. The number of benzene rings is 1. The minimum Gasteiger partial charge on any atom is -0.478 e. The van der Waals surface area contributed by atoms with Crippen LogP contribution in [0.4, 0.5) is 0 Å². The Labute approximate surface area is 110 Å². The highest BCUT2D eigenvalue weighted by atomic mass is 16.5. The smallest absolute Gasteiger partial charge is 0.186 e. The van der Waals surface area contributed by atoms with E-state index in [0.717, 1.165) is 18.9 Å². The quantitative estimate of drug-likeness (QED) is 0.775. The lowest BCUT2D eigenvalue weighted by atomic mass is 9.93. The van der Waals surface area contributed by atoms with Crippen molar-refractivity contribution in [3.05, 3.63) is 35.9 Å². The molecule has 1 heterocycles. The molecule has 18 heavy (non-hydrogen) atoms. The summed E-state index contributed by atoms with van der Waals surface area (Å²) in [5, 5.41) is 0. The van der Waals surface area contributed by atoms with Gasteiger partial charge in [0, 0.05) is 5.92 Å². The third-order valence-corrected chi connectivity index (χ3v) is 3.93. The average molecular weight is 245 g/mol. The van der Waals surface area contributed by atoms with E-state index in [0.29, 0.717) is 17.9 Å². The molecule has 0 N–H and O–H groups in total. The molecule has 0 spiro atoms. The minimum absolute atomic E-state index is 0.300. The Morgan fingerprint density at radius 2 is 2.00 bits per heavy atom. The van der Waals surface area contributed by atoms with E-state index in [2.05, 4.69) is 45.0 Å². The van der Waals surface area contributed by atoms with Gasteiger partial charge in [0.1, 0.15) is 6.61 Å². The summed E-state index contributed by atoms with van der Waals surface area (Å²) in [5.74, 6) is 2.04. The maximum absolute atomic E-state index is 5.77. The van der Waals surface area contributed by atoms with Gasteiger partial charge in [-0.05, 0) is 17.9 Å². The zero-order valence-corrected chi connectivity index (χ0v) is 11.6. The van der Waals surface area contributed by atoms with Gasteiger partial charge in [0.15, 0.2) is 5.90 Å². The molecule has 1 unspecified atom stereocenters. The number of hydrogen-bond acceptors (Lipinski definition) is 2. The standard InChI is InChI=1S/C16H23NO/c1-4-12(2)13(3)16-17-15(11-18-16)10-14-8-6-5-7-9-14/h5-9,12-13,15H,4,10-11H2,1-3H3/t12?,13-,15+/m0/s1. The molecule has 3 atom stereocenters. The molecule has 2 rings (SSSR count). The lowest BCUT2D eigenvalue weighted by Crippen LogP contribution is -2.18. The molecule has 0 saturated carbocycles. The van der Waals surface area contributed by atoms with Gasteiger partial charge in [-0.25, -0.2) is 4.99 Å². The SMILES string of the molecule is CCC(C)[C@H](C)C1=N[C@H](Cc2ccccc2)CO1. The second kappa shape index (κ2) is 6.03. The molecule has 2 heteroatoms. The van der Waals surface area contributed by atoms with Crippen molar-refractivity contribution in [1.82, 2.24) is 0 Å². The molecule has 1 aromatic carbocycles. The van der Waals surface area contributed by atoms with Gasteiger partial charge in [-0.1, -0.05) is 57.5 Å². The zero-order valence-electron chi connectivity index (χ0n) is 11.6. The van der Waals surface area contributed by atoms with Gasteiger partial charge in [0.05, 0.1) is 6.04 Å². The van der Waals surface area contributed by atoms with Crippen LogP contribution in [0, 0.1) is 11.8 Å². The van der Waals surface area contributed by atoms with Crippen molar-refractivity contribution >= 4 is 5.90 Å². The van der Waals surface area contributed by atoms with E-state index in [1.165, 1.54) is 12.0 Å². The average Bonchev–Trinajstić information content (AvgIpc) is 2.86. The van der Waals surface area contributed by atoms with E-state index < -0.39 is 0 Å². The highest BCUT2D eigenvalue weighted by molar-refractivity contribution is 5.80.